The molecule has 224 valence electrons. The number of imidazole rings is 1. The number of nitrogens with zero attached hydrogens (tertiary/aromatic N) is 5. The van der Waals surface area contributed by atoms with E-state index in [9.17, 15) is 18.3 Å². The number of carboxylic acids is 1. The van der Waals surface area contributed by atoms with Gasteiger partial charge in [0.15, 0.2) is 0 Å². The van der Waals surface area contributed by atoms with E-state index in [1.54, 1.807) is 59.3 Å². The van der Waals surface area contributed by atoms with Crippen LogP contribution in [0.15, 0.2) is 83.9 Å². The Bertz CT molecular complexity index is 1900. The average Bonchev–Trinajstić information content (AvgIpc) is 3.28. The topological polar surface area (TPSA) is 158 Å². The van der Waals surface area contributed by atoms with E-state index in [2.05, 4.69) is 4.98 Å². The minimum absolute atomic E-state index is 0. The zero-order valence-electron chi connectivity index (χ0n) is 23.6. The number of carboxylic acid groups (broad SMARTS) is 1. The molecule has 0 bridgehead atoms. The Morgan fingerprint density at radius 2 is 1.74 bits per heavy atom. The molecule has 43 heavy (non-hydrogen) atoms. The Kier molecular flexibility index (Phi) is 9.34. The van der Waals surface area contributed by atoms with Crippen LogP contribution < -0.4 is 10.0 Å². The van der Waals surface area contributed by atoms with E-state index in [0.29, 0.717) is 46.6 Å². The van der Waals surface area contributed by atoms with Crippen LogP contribution in [0.5, 0.6) is 0 Å². The summed E-state index contributed by atoms with van der Waals surface area (Å²) in [4.78, 5) is 22.9. The summed E-state index contributed by atoms with van der Waals surface area (Å²) < 4.78 is 31.3. The van der Waals surface area contributed by atoms with Gasteiger partial charge in [-0.15, -0.1) is 12.4 Å². The number of fused-ring (bicyclic) bond motifs is 2. The molecule has 5 aromatic rings. The summed E-state index contributed by atoms with van der Waals surface area (Å²) in [7, 11) is -0.297. The zero-order chi connectivity index (χ0) is 30.0. The van der Waals surface area contributed by atoms with Crippen LogP contribution in [-0.4, -0.2) is 71.9 Å². The molecule has 5 rings (SSSR count). The van der Waals surface area contributed by atoms with E-state index in [4.69, 9.17) is 16.1 Å². The molecule has 0 aliphatic carbocycles. The van der Waals surface area contributed by atoms with Crippen molar-refractivity contribution < 1.29 is 18.3 Å². The van der Waals surface area contributed by atoms with Gasteiger partial charge in [0.05, 0.1) is 22.2 Å². The highest BCUT2D eigenvalue weighted by Gasteiger charge is 2.28. The number of nitrogens with two attached hydrogens (primary N) is 1. The van der Waals surface area contributed by atoms with Crippen LogP contribution in [0.1, 0.15) is 17.0 Å². The van der Waals surface area contributed by atoms with Crippen molar-refractivity contribution in [1.82, 2.24) is 19.4 Å². The van der Waals surface area contributed by atoms with E-state index >= 15 is 0 Å². The lowest BCUT2D eigenvalue weighted by Gasteiger charge is -2.26. The summed E-state index contributed by atoms with van der Waals surface area (Å²) >= 11 is 0. The van der Waals surface area contributed by atoms with Crippen LogP contribution in [-0.2, 0) is 27.8 Å². The molecule has 3 aromatic carbocycles. The highest BCUT2D eigenvalue weighted by molar-refractivity contribution is 7.93. The van der Waals surface area contributed by atoms with Crippen LogP contribution >= 0.6 is 12.4 Å². The zero-order valence-corrected chi connectivity index (χ0v) is 25.3. The molecule has 0 aliphatic heterocycles. The Balaban J connectivity index is 0.00000423. The van der Waals surface area contributed by atoms with Gasteiger partial charge in [-0.25, -0.2) is 13.4 Å². The number of nitrogen functional groups attached to an aromatic ring is 1. The number of anilines is 1. The summed E-state index contributed by atoms with van der Waals surface area (Å²) in [5, 5.41) is 18.0. The molecular weight excluding hydrogens is 590 g/mol. The molecule has 0 spiro atoms. The van der Waals surface area contributed by atoms with E-state index in [0.717, 1.165) is 10.9 Å². The van der Waals surface area contributed by atoms with Crippen molar-refractivity contribution in [3.05, 3.63) is 95.9 Å². The number of para-hydroxylation sites is 1. The summed E-state index contributed by atoms with van der Waals surface area (Å²) in [5.41, 5.74) is 8.87. The molecule has 4 N–H and O–H groups in total. The first-order valence-corrected chi connectivity index (χ1v) is 14.6. The van der Waals surface area contributed by atoms with Crippen LogP contribution in [0.25, 0.3) is 21.9 Å². The summed E-state index contributed by atoms with van der Waals surface area (Å²) in [5.74, 6) is -0.550. The van der Waals surface area contributed by atoms with Crippen molar-refractivity contribution in [2.24, 2.45) is 5.73 Å². The number of rotatable bonds is 11. The molecule has 2 aromatic heterocycles. The molecule has 0 amide bonds. The fourth-order valence-corrected chi connectivity index (χ4v) is 6.45. The van der Waals surface area contributed by atoms with Crippen molar-refractivity contribution in [3.63, 3.8) is 0 Å². The molecule has 13 heteroatoms. The summed E-state index contributed by atoms with van der Waals surface area (Å²) in [6, 6.07) is 20.8. The number of pyridine rings is 1. The third kappa shape index (κ3) is 6.61. The van der Waals surface area contributed by atoms with Crippen molar-refractivity contribution in [1.29, 1.82) is 5.41 Å². The van der Waals surface area contributed by atoms with Gasteiger partial charge in [0.1, 0.15) is 23.1 Å². The Morgan fingerprint density at radius 3 is 2.42 bits per heavy atom. The highest BCUT2D eigenvalue weighted by atomic mass is 35.5. The molecule has 0 atom stereocenters. The number of amidine groups is 1. The Morgan fingerprint density at radius 1 is 1.02 bits per heavy atom. The van der Waals surface area contributed by atoms with Crippen molar-refractivity contribution >= 4 is 61.9 Å². The first-order valence-electron chi connectivity index (χ1n) is 13.2. The number of aliphatic carboxylic acids is 1. The third-order valence-corrected chi connectivity index (χ3v) is 8.79. The molecule has 0 aliphatic rings. The number of halogens is 1. The molecule has 0 saturated carbocycles. The number of sulfonamides is 1. The number of benzene rings is 3. The minimum Gasteiger partial charge on any atom is -0.480 e. The maximum absolute atomic E-state index is 14.2. The molecule has 2 heterocycles. The fourth-order valence-electron chi connectivity index (χ4n) is 4.84. The van der Waals surface area contributed by atoms with Gasteiger partial charge < -0.3 is 20.3 Å². The van der Waals surface area contributed by atoms with Gasteiger partial charge in [-0.2, -0.15) is 0 Å². The molecule has 0 unspecified atom stereocenters. The molecule has 0 fully saturated rings. The van der Waals surface area contributed by atoms with Crippen LogP contribution in [0.2, 0.25) is 0 Å². The fraction of sp³-hybridized carbons (Fsp3) is 0.200. The highest BCUT2D eigenvalue weighted by Crippen LogP contribution is 2.31. The molecular formula is C30H32ClN7O4S. The number of aromatic nitrogens is 3. The van der Waals surface area contributed by atoms with Gasteiger partial charge in [-0.05, 0) is 50.0 Å². The number of nitrogens with one attached hydrogen (secondary N) is 1. The molecule has 11 nitrogen and oxygen atoms in total. The van der Waals surface area contributed by atoms with E-state index in [-0.39, 0.29) is 36.2 Å². The second-order valence-corrected chi connectivity index (χ2v) is 12.0. The summed E-state index contributed by atoms with van der Waals surface area (Å²) in [6.07, 6.45) is 1.90. The van der Waals surface area contributed by atoms with Gasteiger partial charge in [-0.1, -0.05) is 42.5 Å². The monoisotopic (exact) mass is 621 g/mol. The normalized spacial score (nSPS) is 11.5. The van der Waals surface area contributed by atoms with E-state index < -0.39 is 16.0 Å². The second-order valence-electron chi connectivity index (χ2n) is 10.2. The lowest BCUT2D eigenvalue weighted by atomic mass is 10.1. The minimum atomic E-state index is -4.04. The first kappa shape index (κ1) is 31.4. The van der Waals surface area contributed by atoms with Crippen LogP contribution in [0, 0.1) is 5.41 Å². The van der Waals surface area contributed by atoms with Gasteiger partial charge in [0.25, 0.3) is 10.0 Å². The largest absolute Gasteiger partial charge is 0.480 e. The van der Waals surface area contributed by atoms with Crippen LogP contribution in [0.4, 0.5) is 5.69 Å². The standard InChI is InChI=1S/C30H31N7O4S.ClH/c1-35(2)15-16-37(42(40,41)26-7-3-5-21-6-4-14-33-29(21)26)23-12-13-25-24(18-23)34-27(36(25)19-28(38)39)17-20-8-10-22(11-9-20)30(31)32;/h3-14,18H,15-17,19H2,1-2H3,(H3,31,32)(H,38,39);1H. The van der Waals surface area contributed by atoms with Crippen molar-refractivity contribution in [2.75, 3.05) is 31.5 Å². The van der Waals surface area contributed by atoms with Crippen molar-refractivity contribution in [2.45, 2.75) is 17.9 Å². The number of hydrogen-bond donors (Lipinski definition) is 3. The molecule has 0 radical (unpaired) electrons. The quantitative estimate of drug-likeness (QED) is 0.149. The summed E-state index contributed by atoms with van der Waals surface area (Å²) in [6.45, 7) is 0.334. The van der Waals surface area contributed by atoms with E-state index in [1.807, 2.05) is 43.3 Å². The predicted octanol–water partition coefficient (Wildman–Crippen LogP) is 3.72. The van der Waals surface area contributed by atoms with Gasteiger partial charge in [0, 0.05) is 36.7 Å². The van der Waals surface area contributed by atoms with E-state index in [1.165, 1.54) is 4.31 Å². The van der Waals surface area contributed by atoms with Crippen LogP contribution in [0.3, 0.4) is 0 Å². The maximum atomic E-state index is 14.2. The Hall–Kier alpha value is -4.52. The van der Waals surface area contributed by atoms with Crippen molar-refractivity contribution in [3.8, 4) is 0 Å². The SMILES string of the molecule is CN(C)CCN(c1ccc2c(c1)nc(Cc1ccc(C(=N)N)cc1)n2CC(=O)O)S(=O)(=O)c1cccc2cccnc12.Cl. The lowest BCUT2D eigenvalue weighted by molar-refractivity contribution is -0.137. The predicted molar refractivity (Wildman–Crippen MR) is 170 cm³/mol. The maximum Gasteiger partial charge on any atom is 0.323 e. The number of likely N-dealkylation sites (N-methyl/N-ethyl adjacent to an activating group) is 1. The van der Waals surface area contributed by atoms with Gasteiger partial charge in [-0.3, -0.25) is 19.5 Å². The Labute approximate surface area is 255 Å². The smallest absolute Gasteiger partial charge is 0.323 e. The second kappa shape index (κ2) is 12.8. The molecule has 0 saturated heterocycles. The van der Waals surface area contributed by atoms with Gasteiger partial charge >= 0.3 is 5.97 Å². The average molecular weight is 622 g/mol. The first-order chi connectivity index (χ1) is 20.0. The lowest BCUT2D eigenvalue weighted by Crippen LogP contribution is -2.37. The number of carbonyl (C=O) groups is 1. The third-order valence-electron chi connectivity index (χ3n) is 6.93. The number of hydrogen-bond acceptors (Lipinski definition) is 7. The van der Waals surface area contributed by atoms with Gasteiger partial charge in [0.2, 0.25) is 0 Å².